The molecule has 10 heteroatoms. The minimum atomic E-state index is -4.44. The summed E-state index contributed by atoms with van der Waals surface area (Å²) in [5.74, 6) is -0.436. The number of alkyl halides is 3. The van der Waals surface area contributed by atoms with Crippen LogP contribution in [0.3, 0.4) is 0 Å². The number of aromatic nitrogens is 2. The van der Waals surface area contributed by atoms with Gasteiger partial charge in [0.05, 0.1) is 10.9 Å². The van der Waals surface area contributed by atoms with Crippen molar-refractivity contribution < 1.29 is 27.8 Å². The fraction of sp³-hybridized carbons (Fsp3) is 0.250. The molecule has 2 aromatic carbocycles. The fourth-order valence-corrected chi connectivity index (χ4v) is 2.75. The Hall–Kier alpha value is -3.40. The maximum Gasteiger partial charge on any atom is 0.416 e. The van der Waals surface area contributed by atoms with Crippen LogP contribution in [-0.2, 0) is 13.2 Å². The molecular weight excluding hydrogens is 403 g/mol. The molecule has 0 aliphatic heterocycles. The monoisotopic (exact) mass is 421 g/mol. The average molecular weight is 421 g/mol. The maximum absolute atomic E-state index is 12.5. The Labute approximate surface area is 168 Å². The molecule has 2 N–H and O–H groups in total. The standard InChI is InChI=1S/C20H18F3N3O4/c1-26-19(29)16-5-3-2-4-15(16)17(25-26)18(28)24-10-13(27)11-30-14-8-6-12(7-9-14)20(21,22)23/h2-9,13,27H,10-11H2,1H3,(H,24,28). The maximum atomic E-state index is 12.5. The van der Waals surface area contributed by atoms with Crippen LogP contribution in [0, 0.1) is 0 Å². The zero-order valence-corrected chi connectivity index (χ0v) is 15.8. The number of halogens is 3. The zero-order valence-electron chi connectivity index (χ0n) is 15.8. The van der Waals surface area contributed by atoms with Crippen molar-refractivity contribution in [3.63, 3.8) is 0 Å². The second-order valence-corrected chi connectivity index (χ2v) is 6.52. The highest BCUT2D eigenvalue weighted by molar-refractivity contribution is 6.04. The third kappa shape index (κ3) is 4.77. The molecule has 3 aromatic rings. The summed E-state index contributed by atoms with van der Waals surface area (Å²) in [6.45, 7) is -0.425. The lowest BCUT2D eigenvalue weighted by atomic mass is 10.1. The van der Waals surface area contributed by atoms with Crippen LogP contribution in [-0.4, -0.2) is 40.0 Å². The summed E-state index contributed by atoms with van der Waals surface area (Å²) in [6.07, 6.45) is -5.56. The third-order valence-electron chi connectivity index (χ3n) is 4.29. The molecule has 30 heavy (non-hydrogen) atoms. The van der Waals surface area contributed by atoms with E-state index in [1.165, 1.54) is 7.05 Å². The Morgan fingerprint density at radius 2 is 1.80 bits per heavy atom. The fourth-order valence-electron chi connectivity index (χ4n) is 2.75. The molecule has 0 bridgehead atoms. The number of fused-ring (bicyclic) bond motifs is 1. The van der Waals surface area contributed by atoms with Crippen molar-refractivity contribution in [2.24, 2.45) is 7.05 Å². The van der Waals surface area contributed by atoms with E-state index in [9.17, 15) is 27.9 Å². The average Bonchev–Trinajstić information content (AvgIpc) is 2.72. The quantitative estimate of drug-likeness (QED) is 0.636. The van der Waals surface area contributed by atoms with Crippen molar-refractivity contribution in [3.05, 3.63) is 70.1 Å². The highest BCUT2D eigenvalue weighted by Gasteiger charge is 2.30. The summed E-state index contributed by atoms with van der Waals surface area (Å²) in [5, 5.41) is 17.2. The number of rotatable bonds is 6. The summed E-state index contributed by atoms with van der Waals surface area (Å²) in [5.41, 5.74) is -1.12. The van der Waals surface area contributed by atoms with Crippen LogP contribution in [0.15, 0.2) is 53.3 Å². The zero-order chi connectivity index (χ0) is 21.9. The number of nitrogens with one attached hydrogen (secondary N) is 1. The summed E-state index contributed by atoms with van der Waals surface area (Å²) >= 11 is 0. The molecule has 0 fully saturated rings. The highest BCUT2D eigenvalue weighted by Crippen LogP contribution is 2.30. The first-order valence-corrected chi connectivity index (χ1v) is 8.89. The molecular formula is C20H18F3N3O4. The molecule has 0 radical (unpaired) electrons. The first-order chi connectivity index (χ1) is 14.2. The Balaban J connectivity index is 1.59. The Kier molecular flexibility index (Phi) is 6.06. The minimum Gasteiger partial charge on any atom is -0.491 e. The van der Waals surface area contributed by atoms with E-state index in [1.54, 1.807) is 24.3 Å². The second kappa shape index (κ2) is 8.54. The minimum absolute atomic E-state index is 0.0311. The predicted octanol–water partition coefficient (Wildman–Crippen LogP) is 2.12. The lowest BCUT2D eigenvalue weighted by Gasteiger charge is -2.14. The smallest absolute Gasteiger partial charge is 0.416 e. The summed E-state index contributed by atoms with van der Waals surface area (Å²) in [6, 6.07) is 10.6. The van der Waals surface area contributed by atoms with Gasteiger partial charge in [0, 0.05) is 19.0 Å². The number of hydrogen-bond acceptors (Lipinski definition) is 5. The normalized spacial score (nSPS) is 12.6. The molecule has 1 heterocycles. The molecule has 1 atom stereocenters. The number of carbonyl (C=O) groups excluding carboxylic acids is 1. The summed E-state index contributed by atoms with van der Waals surface area (Å²) < 4.78 is 44.0. The molecule has 3 rings (SSSR count). The third-order valence-corrected chi connectivity index (χ3v) is 4.29. The van der Waals surface area contributed by atoms with E-state index in [1.807, 2.05) is 0 Å². The number of aliphatic hydroxyl groups excluding tert-OH is 1. The SMILES string of the molecule is Cn1nc(C(=O)NCC(O)COc2ccc(C(F)(F)F)cc2)c2ccccc2c1=O. The van der Waals surface area contributed by atoms with Crippen LogP contribution in [0.2, 0.25) is 0 Å². The van der Waals surface area contributed by atoms with Crippen molar-refractivity contribution in [1.82, 2.24) is 15.1 Å². The molecule has 7 nitrogen and oxygen atoms in total. The van der Waals surface area contributed by atoms with Gasteiger partial charge in [0.15, 0.2) is 5.69 Å². The van der Waals surface area contributed by atoms with E-state index in [2.05, 4.69) is 10.4 Å². The topological polar surface area (TPSA) is 93.5 Å². The first-order valence-electron chi connectivity index (χ1n) is 8.89. The van der Waals surface area contributed by atoms with Crippen LogP contribution in [0.1, 0.15) is 16.1 Å². The van der Waals surface area contributed by atoms with E-state index in [-0.39, 0.29) is 30.2 Å². The molecule has 0 spiro atoms. The highest BCUT2D eigenvalue weighted by atomic mass is 19.4. The van der Waals surface area contributed by atoms with Gasteiger partial charge in [-0.25, -0.2) is 4.68 Å². The van der Waals surface area contributed by atoms with Crippen LogP contribution < -0.4 is 15.6 Å². The lowest BCUT2D eigenvalue weighted by Crippen LogP contribution is -2.36. The Morgan fingerprint density at radius 3 is 2.43 bits per heavy atom. The van der Waals surface area contributed by atoms with Crippen molar-refractivity contribution in [2.75, 3.05) is 13.2 Å². The molecule has 0 saturated heterocycles. The van der Waals surface area contributed by atoms with Gasteiger partial charge in [-0.05, 0) is 30.3 Å². The second-order valence-electron chi connectivity index (χ2n) is 6.52. The summed E-state index contributed by atoms with van der Waals surface area (Å²) in [4.78, 5) is 24.6. The first kappa shape index (κ1) is 21.3. The van der Waals surface area contributed by atoms with Gasteiger partial charge in [-0.2, -0.15) is 18.3 Å². The van der Waals surface area contributed by atoms with Gasteiger partial charge < -0.3 is 15.2 Å². The molecule has 0 aliphatic carbocycles. The van der Waals surface area contributed by atoms with Crippen LogP contribution in [0.5, 0.6) is 5.75 Å². The van der Waals surface area contributed by atoms with Crippen molar-refractivity contribution in [3.8, 4) is 5.75 Å². The van der Waals surface area contributed by atoms with Crippen molar-refractivity contribution in [1.29, 1.82) is 0 Å². The number of ether oxygens (including phenoxy) is 1. The molecule has 0 saturated carbocycles. The van der Waals surface area contributed by atoms with Crippen molar-refractivity contribution in [2.45, 2.75) is 12.3 Å². The van der Waals surface area contributed by atoms with Gasteiger partial charge in [0.25, 0.3) is 11.5 Å². The number of nitrogens with zero attached hydrogens (tertiary/aromatic N) is 2. The molecule has 158 valence electrons. The molecule has 1 unspecified atom stereocenters. The summed E-state index contributed by atoms with van der Waals surface area (Å²) in [7, 11) is 1.43. The van der Waals surface area contributed by atoms with E-state index in [0.29, 0.717) is 10.8 Å². The number of amides is 1. The predicted molar refractivity (Wildman–Crippen MR) is 102 cm³/mol. The largest absolute Gasteiger partial charge is 0.491 e. The van der Waals surface area contributed by atoms with E-state index in [0.717, 1.165) is 28.9 Å². The Morgan fingerprint density at radius 1 is 1.17 bits per heavy atom. The number of hydrogen-bond donors (Lipinski definition) is 2. The van der Waals surface area contributed by atoms with Gasteiger partial charge >= 0.3 is 6.18 Å². The van der Waals surface area contributed by atoms with E-state index in [4.69, 9.17) is 4.74 Å². The Bertz CT molecular complexity index is 1110. The van der Waals surface area contributed by atoms with Crippen LogP contribution in [0.4, 0.5) is 13.2 Å². The molecule has 1 amide bonds. The molecule has 0 aliphatic rings. The van der Waals surface area contributed by atoms with Gasteiger partial charge in [0.2, 0.25) is 0 Å². The van der Waals surface area contributed by atoms with Crippen molar-refractivity contribution >= 4 is 16.7 Å². The van der Waals surface area contributed by atoms with E-state index >= 15 is 0 Å². The van der Waals surface area contributed by atoms with Gasteiger partial charge in [-0.1, -0.05) is 18.2 Å². The lowest BCUT2D eigenvalue weighted by molar-refractivity contribution is -0.137. The number of carbonyl (C=O) groups is 1. The van der Waals surface area contributed by atoms with Crippen LogP contribution in [0.25, 0.3) is 10.8 Å². The van der Waals surface area contributed by atoms with E-state index < -0.39 is 23.8 Å². The number of aryl methyl sites for hydroxylation is 1. The molecule has 1 aromatic heterocycles. The number of aliphatic hydroxyl groups is 1. The number of benzene rings is 2. The van der Waals surface area contributed by atoms with Gasteiger partial charge in [-0.15, -0.1) is 0 Å². The van der Waals surface area contributed by atoms with Gasteiger partial charge in [-0.3, -0.25) is 9.59 Å². The van der Waals surface area contributed by atoms with Gasteiger partial charge in [0.1, 0.15) is 18.5 Å². The van der Waals surface area contributed by atoms with Crippen LogP contribution >= 0.6 is 0 Å².